The average molecular weight is 498 g/mol. The molecule has 0 fully saturated rings. The highest BCUT2D eigenvalue weighted by Gasteiger charge is 2.43. The minimum atomic E-state index is -3.75. The highest BCUT2D eigenvalue weighted by atomic mass is 35.5. The van der Waals surface area contributed by atoms with Crippen LogP contribution in [-0.4, -0.2) is 39.8 Å². The molecule has 1 aliphatic heterocycles. The lowest BCUT2D eigenvalue weighted by molar-refractivity contribution is -0.286. The van der Waals surface area contributed by atoms with Crippen molar-refractivity contribution < 1.29 is 33.0 Å². The van der Waals surface area contributed by atoms with Crippen LogP contribution in [0.2, 0.25) is 5.15 Å². The number of carbonyl (C=O) groups is 2. The van der Waals surface area contributed by atoms with Crippen molar-refractivity contribution in [1.82, 2.24) is 9.97 Å². The molecule has 14 heteroatoms. The van der Waals surface area contributed by atoms with E-state index >= 15 is 0 Å². The number of ether oxygens (including phenoxy) is 2. The number of rotatable bonds is 8. The Balaban J connectivity index is 1.42. The van der Waals surface area contributed by atoms with Crippen molar-refractivity contribution in [1.29, 1.82) is 0 Å². The first-order chi connectivity index (χ1) is 15.7. The Bertz CT molecular complexity index is 1230. The number of carboxylic acid groups (broad SMARTS) is 1. The monoisotopic (exact) mass is 497 g/mol. The second-order valence-corrected chi connectivity index (χ2v) is 7.86. The number of carboxylic acids is 1. The number of alkyl halides is 2. The van der Waals surface area contributed by atoms with E-state index in [0.29, 0.717) is 16.3 Å². The summed E-state index contributed by atoms with van der Waals surface area (Å²) in [6.45, 7) is -0.209. The molecule has 0 bridgehead atoms. The van der Waals surface area contributed by atoms with Crippen LogP contribution in [-0.2, 0) is 11.3 Å². The molecule has 0 spiro atoms. The van der Waals surface area contributed by atoms with Crippen molar-refractivity contribution in [3.05, 3.63) is 51.4 Å². The number of hydrogen-bond donors (Lipinski definition) is 4. The summed E-state index contributed by atoms with van der Waals surface area (Å²) < 4.78 is 35.1. The fourth-order valence-corrected chi connectivity index (χ4v) is 3.78. The molecule has 1 amide bonds. The molecule has 4 N–H and O–H groups in total. The Morgan fingerprint density at radius 3 is 2.70 bits per heavy atom. The molecule has 1 aliphatic rings. The van der Waals surface area contributed by atoms with Crippen molar-refractivity contribution in [2.75, 3.05) is 22.5 Å². The maximum absolute atomic E-state index is 13.2. The van der Waals surface area contributed by atoms with Gasteiger partial charge in [0.1, 0.15) is 16.6 Å². The number of nitrogens with one attached hydrogen (secondary N) is 3. The van der Waals surface area contributed by atoms with Gasteiger partial charge in [-0.15, -0.1) is 20.1 Å². The van der Waals surface area contributed by atoms with Gasteiger partial charge >= 0.3 is 12.3 Å². The zero-order valence-corrected chi connectivity index (χ0v) is 18.0. The van der Waals surface area contributed by atoms with E-state index in [4.69, 9.17) is 16.7 Å². The van der Waals surface area contributed by atoms with Crippen LogP contribution in [0.15, 0.2) is 35.7 Å². The first-order valence-electron chi connectivity index (χ1n) is 9.20. The number of aliphatic carboxylic acids is 1. The third-order valence-corrected chi connectivity index (χ3v) is 5.24. The maximum Gasteiger partial charge on any atom is 0.586 e. The van der Waals surface area contributed by atoms with E-state index in [2.05, 4.69) is 35.4 Å². The second-order valence-electron chi connectivity index (χ2n) is 6.55. The SMILES string of the molecule is O=C(O)CNc1nc(Cl)cc(CNc2ccsc2C(=O)Nc2ccc3c(c2)OC(F)(F)O3)n1. The van der Waals surface area contributed by atoms with Crippen molar-refractivity contribution in [2.24, 2.45) is 0 Å². The largest absolute Gasteiger partial charge is 0.586 e. The van der Waals surface area contributed by atoms with Crippen LogP contribution in [0.25, 0.3) is 0 Å². The van der Waals surface area contributed by atoms with Crippen LogP contribution in [0.4, 0.5) is 26.1 Å². The molecule has 0 saturated heterocycles. The molecule has 0 unspecified atom stereocenters. The number of benzene rings is 1. The molecule has 172 valence electrons. The molecule has 3 aromatic rings. The lowest BCUT2D eigenvalue weighted by atomic mass is 10.2. The van der Waals surface area contributed by atoms with Crippen molar-refractivity contribution in [2.45, 2.75) is 12.8 Å². The number of aromatic nitrogens is 2. The van der Waals surface area contributed by atoms with Crippen LogP contribution in [0.1, 0.15) is 15.4 Å². The highest BCUT2D eigenvalue weighted by Crippen LogP contribution is 2.42. The zero-order valence-electron chi connectivity index (χ0n) is 16.4. The van der Waals surface area contributed by atoms with Gasteiger partial charge in [0.25, 0.3) is 5.91 Å². The first kappa shape index (κ1) is 22.5. The van der Waals surface area contributed by atoms with Crippen LogP contribution >= 0.6 is 22.9 Å². The fourth-order valence-electron chi connectivity index (χ4n) is 2.81. The lowest BCUT2D eigenvalue weighted by Crippen LogP contribution is -2.25. The molecule has 0 aliphatic carbocycles. The molecule has 33 heavy (non-hydrogen) atoms. The van der Waals surface area contributed by atoms with Crippen molar-refractivity contribution >= 4 is 52.1 Å². The topological polar surface area (TPSA) is 135 Å². The predicted octanol–water partition coefficient (Wildman–Crippen LogP) is 3.87. The van der Waals surface area contributed by atoms with Gasteiger partial charge in [0.15, 0.2) is 11.5 Å². The van der Waals surface area contributed by atoms with E-state index < -0.39 is 18.2 Å². The summed E-state index contributed by atoms with van der Waals surface area (Å²) in [7, 11) is 0. The summed E-state index contributed by atoms with van der Waals surface area (Å²) in [5, 5.41) is 18.8. The normalized spacial score (nSPS) is 13.4. The van der Waals surface area contributed by atoms with Crippen LogP contribution in [0, 0.1) is 0 Å². The Kier molecular flexibility index (Phi) is 6.16. The van der Waals surface area contributed by atoms with Crippen LogP contribution in [0.3, 0.4) is 0 Å². The van der Waals surface area contributed by atoms with Gasteiger partial charge in [-0.05, 0) is 29.6 Å². The number of hydrogen-bond acceptors (Lipinski definition) is 9. The second kappa shape index (κ2) is 9.03. The van der Waals surface area contributed by atoms with E-state index in [0.717, 1.165) is 0 Å². The Morgan fingerprint density at radius 1 is 1.12 bits per heavy atom. The lowest BCUT2D eigenvalue weighted by Gasteiger charge is -2.10. The van der Waals surface area contributed by atoms with Gasteiger partial charge in [0.05, 0.1) is 17.9 Å². The number of nitrogens with zero attached hydrogens (tertiary/aromatic N) is 2. The van der Waals surface area contributed by atoms with Crippen LogP contribution in [0.5, 0.6) is 11.5 Å². The van der Waals surface area contributed by atoms with Gasteiger partial charge < -0.3 is 30.5 Å². The van der Waals surface area contributed by atoms with Gasteiger partial charge in [-0.25, -0.2) is 9.97 Å². The molecule has 10 nitrogen and oxygen atoms in total. The molecular formula is C19H14ClF2N5O5S. The third-order valence-electron chi connectivity index (χ3n) is 4.14. The number of halogens is 3. The highest BCUT2D eigenvalue weighted by molar-refractivity contribution is 7.12. The molecule has 0 saturated carbocycles. The number of anilines is 3. The smallest absolute Gasteiger partial charge is 0.480 e. The maximum atomic E-state index is 13.2. The number of thiophene rings is 1. The van der Waals surface area contributed by atoms with Crippen molar-refractivity contribution in [3.8, 4) is 11.5 Å². The van der Waals surface area contributed by atoms with Gasteiger partial charge in [0, 0.05) is 11.8 Å². The summed E-state index contributed by atoms with van der Waals surface area (Å²) >= 11 is 7.13. The first-order valence-corrected chi connectivity index (χ1v) is 10.5. The molecule has 1 aromatic carbocycles. The van der Waals surface area contributed by atoms with Crippen LogP contribution < -0.4 is 25.4 Å². The van der Waals surface area contributed by atoms with Gasteiger partial charge in [-0.3, -0.25) is 9.59 Å². The minimum absolute atomic E-state index is 0.0540. The molecule has 3 heterocycles. The summed E-state index contributed by atoms with van der Waals surface area (Å²) in [6, 6.07) is 7.11. The number of amides is 1. The van der Waals surface area contributed by atoms with Gasteiger partial charge in [0.2, 0.25) is 5.95 Å². The molecule has 4 rings (SSSR count). The van der Waals surface area contributed by atoms with E-state index in [1.54, 1.807) is 11.4 Å². The summed E-state index contributed by atoms with van der Waals surface area (Å²) in [5.41, 5.74) is 1.20. The zero-order chi connectivity index (χ0) is 23.6. The van der Waals surface area contributed by atoms with Gasteiger partial charge in [-0.1, -0.05) is 11.6 Å². The van der Waals surface area contributed by atoms with Gasteiger partial charge in [-0.2, -0.15) is 0 Å². The average Bonchev–Trinajstić information content (AvgIpc) is 3.32. The van der Waals surface area contributed by atoms with Crippen molar-refractivity contribution in [3.63, 3.8) is 0 Å². The van der Waals surface area contributed by atoms with E-state index in [1.165, 1.54) is 35.6 Å². The minimum Gasteiger partial charge on any atom is -0.480 e. The fraction of sp³-hybridized carbons (Fsp3) is 0.158. The molecule has 0 atom stereocenters. The number of fused-ring (bicyclic) bond motifs is 1. The van der Waals surface area contributed by atoms with E-state index in [9.17, 15) is 18.4 Å². The summed E-state index contributed by atoms with van der Waals surface area (Å²) in [4.78, 5) is 31.8. The Hall–Kier alpha value is -3.71. The standard InChI is InChI=1S/C19H14ClF2N5O5S/c20-14-6-10(26-18(27-14)24-8-15(28)29)7-23-11-3-4-33-16(11)17(30)25-9-1-2-12-13(5-9)32-19(21,22)31-12/h1-6,23H,7-8H2,(H,25,30)(H,28,29)(H,24,26,27). The molecule has 0 radical (unpaired) electrons. The third kappa shape index (κ3) is 5.56. The summed E-state index contributed by atoms with van der Waals surface area (Å²) in [6.07, 6.45) is -3.75. The number of carbonyl (C=O) groups excluding carboxylic acids is 1. The quantitative estimate of drug-likeness (QED) is 0.342. The molecule has 2 aromatic heterocycles. The molecular weight excluding hydrogens is 484 g/mol. The summed E-state index contributed by atoms with van der Waals surface area (Å²) in [5.74, 6) is -1.81. The Labute approximate surface area is 193 Å². The predicted molar refractivity (Wildman–Crippen MR) is 115 cm³/mol. The van der Waals surface area contributed by atoms with E-state index in [1.807, 2.05) is 0 Å². The Morgan fingerprint density at radius 2 is 1.91 bits per heavy atom. The van der Waals surface area contributed by atoms with E-state index in [-0.39, 0.29) is 41.4 Å².